The number of carbonyl (C=O) groups is 1. The van der Waals surface area contributed by atoms with Crippen molar-refractivity contribution in [1.29, 1.82) is 0 Å². The molecule has 1 saturated heterocycles. The number of hydrogen-bond acceptors (Lipinski definition) is 4. The van der Waals surface area contributed by atoms with Gasteiger partial charge in [0.05, 0.1) is 12.1 Å². The molecule has 0 unspecified atom stereocenters. The highest BCUT2D eigenvalue weighted by molar-refractivity contribution is 5.93. The lowest BCUT2D eigenvalue weighted by Gasteiger charge is -2.24. The second kappa shape index (κ2) is 6.24. The zero-order valence-corrected chi connectivity index (χ0v) is 13.3. The highest BCUT2D eigenvalue weighted by Gasteiger charge is 2.36. The van der Waals surface area contributed by atoms with E-state index in [1.807, 2.05) is 0 Å². The van der Waals surface area contributed by atoms with Crippen LogP contribution in [0.2, 0.25) is 0 Å². The maximum atomic E-state index is 13.5. The van der Waals surface area contributed by atoms with Crippen LogP contribution in [0.3, 0.4) is 0 Å². The third-order valence-electron chi connectivity index (χ3n) is 4.05. The van der Waals surface area contributed by atoms with Crippen molar-refractivity contribution in [2.75, 3.05) is 6.54 Å². The Balaban J connectivity index is 1.95. The third kappa shape index (κ3) is 3.12. The van der Waals surface area contributed by atoms with Gasteiger partial charge in [-0.05, 0) is 44.0 Å². The molecule has 1 amide bonds. The fourth-order valence-electron chi connectivity index (χ4n) is 3.05. The van der Waals surface area contributed by atoms with Gasteiger partial charge in [-0.1, -0.05) is 6.07 Å². The minimum atomic E-state index is -0.977. The van der Waals surface area contributed by atoms with Crippen molar-refractivity contribution in [3.8, 4) is 0 Å². The highest BCUT2D eigenvalue weighted by atomic mass is 19.2. The average Bonchev–Trinajstić information content (AvgIpc) is 2.90. The van der Waals surface area contributed by atoms with Crippen molar-refractivity contribution in [3.05, 3.63) is 58.7 Å². The Bertz CT molecular complexity index is 777. The molecule has 5 nitrogen and oxygen atoms in total. The lowest BCUT2D eigenvalue weighted by atomic mass is 10.0. The topological polar surface area (TPSA) is 66.3 Å². The van der Waals surface area contributed by atoms with E-state index >= 15 is 0 Å². The molecule has 1 aromatic carbocycles. The van der Waals surface area contributed by atoms with E-state index in [-0.39, 0.29) is 24.6 Å². The standard InChI is InChI=1S/C17H17F2N3O2/c1-9-5-15(21-10(2)20-9)17(24)22-8-12(23)7-16(22)11-3-4-13(18)14(19)6-11/h3-6,12,16,23H,7-8H2,1-2H3/t12-,16+/m0/s1. The summed E-state index contributed by atoms with van der Waals surface area (Å²) in [4.78, 5) is 22.5. The molecule has 24 heavy (non-hydrogen) atoms. The van der Waals surface area contributed by atoms with E-state index < -0.39 is 23.8 Å². The van der Waals surface area contributed by atoms with Gasteiger partial charge in [0, 0.05) is 12.2 Å². The Morgan fingerprint density at radius 2 is 1.96 bits per heavy atom. The third-order valence-corrected chi connectivity index (χ3v) is 4.05. The molecule has 2 heterocycles. The Hall–Kier alpha value is -2.41. The molecule has 1 N–H and O–H groups in total. The van der Waals surface area contributed by atoms with E-state index in [1.165, 1.54) is 11.0 Å². The number of aromatic nitrogens is 2. The molecule has 0 spiro atoms. The summed E-state index contributed by atoms with van der Waals surface area (Å²) in [5.41, 5.74) is 1.33. The van der Waals surface area contributed by atoms with Gasteiger partial charge in [-0.25, -0.2) is 18.7 Å². The molecule has 1 fully saturated rings. The van der Waals surface area contributed by atoms with E-state index in [2.05, 4.69) is 9.97 Å². The predicted molar refractivity (Wildman–Crippen MR) is 82.3 cm³/mol. The molecule has 1 aliphatic heterocycles. The summed E-state index contributed by atoms with van der Waals surface area (Å²) in [6.07, 6.45) is -0.462. The number of rotatable bonds is 2. The number of β-amino-alcohol motifs (C(OH)–C–C–N with tert-alkyl or cyclic N) is 1. The van der Waals surface area contributed by atoms with Gasteiger partial charge < -0.3 is 10.0 Å². The molecule has 2 aromatic rings. The fourth-order valence-corrected chi connectivity index (χ4v) is 3.05. The van der Waals surface area contributed by atoms with Crippen molar-refractivity contribution in [2.45, 2.75) is 32.4 Å². The van der Waals surface area contributed by atoms with Crippen LogP contribution >= 0.6 is 0 Å². The second-order valence-corrected chi connectivity index (χ2v) is 5.98. The molecule has 0 radical (unpaired) electrons. The first-order valence-corrected chi connectivity index (χ1v) is 7.61. The van der Waals surface area contributed by atoms with Crippen molar-refractivity contribution >= 4 is 5.91 Å². The monoisotopic (exact) mass is 333 g/mol. The maximum Gasteiger partial charge on any atom is 0.273 e. The van der Waals surface area contributed by atoms with Crippen LogP contribution in [0.25, 0.3) is 0 Å². The summed E-state index contributed by atoms with van der Waals surface area (Å²) in [7, 11) is 0. The van der Waals surface area contributed by atoms with Crippen LogP contribution < -0.4 is 0 Å². The minimum absolute atomic E-state index is 0.116. The Morgan fingerprint density at radius 3 is 2.62 bits per heavy atom. The molecule has 0 aliphatic carbocycles. The summed E-state index contributed by atoms with van der Waals surface area (Å²) >= 11 is 0. The Labute approximate surface area is 138 Å². The SMILES string of the molecule is Cc1cc(C(=O)N2C[C@@H](O)C[C@@H]2c2ccc(F)c(F)c2)nc(C)n1. The van der Waals surface area contributed by atoms with Gasteiger partial charge in [0.25, 0.3) is 5.91 Å². The van der Waals surface area contributed by atoms with Crippen molar-refractivity contribution in [1.82, 2.24) is 14.9 Å². The van der Waals surface area contributed by atoms with Crippen molar-refractivity contribution in [2.24, 2.45) is 0 Å². The lowest BCUT2D eigenvalue weighted by Crippen LogP contribution is -2.32. The molecule has 1 aromatic heterocycles. The van der Waals surface area contributed by atoms with Crippen LogP contribution in [0.4, 0.5) is 8.78 Å². The molecule has 7 heteroatoms. The zero-order chi connectivity index (χ0) is 17.4. The van der Waals surface area contributed by atoms with Gasteiger partial charge >= 0.3 is 0 Å². The van der Waals surface area contributed by atoms with Gasteiger partial charge in [0.1, 0.15) is 11.5 Å². The summed E-state index contributed by atoms with van der Waals surface area (Å²) in [6, 6.07) is 4.56. The first kappa shape index (κ1) is 16.4. The van der Waals surface area contributed by atoms with E-state index in [0.717, 1.165) is 12.1 Å². The number of halogens is 2. The fraction of sp³-hybridized carbons (Fsp3) is 0.353. The first-order valence-electron chi connectivity index (χ1n) is 7.61. The summed E-state index contributed by atoms with van der Waals surface area (Å²) in [5, 5.41) is 9.97. The van der Waals surface area contributed by atoms with E-state index in [4.69, 9.17) is 0 Å². The molecule has 0 bridgehead atoms. The van der Waals surface area contributed by atoms with Crippen LogP contribution in [0.5, 0.6) is 0 Å². The smallest absolute Gasteiger partial charge is 0.273 e. The molecule has 3 rings (SSSR count). The quantitative estimate of drug-likeness (QED) is 0.916. The number of aliphatic hydroxyl groups is 1. The summed E-state index contributed by atoms with van der Waals surface area (Å²) in [5.74, 6) is -1.82. The number of hydrogen-bond donors (Lipinski definition) is 1. The minimum Gasteiger partial charge on any atom is -0.391 e. The van der Waals surface area contributed by atoms with Crippen LogP contribution in [-0.4, -0.2) is 38.5 Å². The van der Waals surface area contributed by atoms with Crippen LogP contribution in [0.1, 0.15) is 40.0 Å². The molecule has 1 aliphatic rings. The van der Waals surface area contributed by atoms with Gasteiger partial charge in [-0.3, -0.25) is 4.79 Å². The zero-order valence-electron chi connectivity index (χ0n) is 13.3. The summed E-state index contributed by atoms with van der Waals surface area (Å²) < 4.78 is 26.7. The van der Waals surface area contributed by atoms with E-state index in [9.17, 15) is 18.7 Å². The van der Waals surface area contributed by atoms with E-state index in [0.29, 0.717) is 17.1 Å². The Morgan fingerprint density at radius 1 is 1.21 bits per heavy atom. The number of aliphatic hydroxyl groups excluding tert-OH is 1. The molecule has 2 atom stereocenters. The van der Waals surface area contributed by atoms with Gasteiger partial charge in [0.15, 0.2) is 11.6 Å². The molecular weight excluding hydrogens is 316 g/mol. The lowest BCUT2D eigenvalue weighted by molar-refractivity contribution is 0.0709. The highest BCUT2D eigenvalue weighted by Crippen LogP contribution is 2.33. The average molecular weight is 333 g/mol. The number of amides is 1. The number of carbonyl (C=O) groups excluding carboxylic acids is 1. The van der Waals surface area contributed by atoms with Crippen molar-refractivity contribution < 1.29 is 18.7 Å². The normalized spacial score (nSPS) is 20.5. The van der Waals surface area contributed by atoms with Gasteiger partial charge in [-0.15, -0.1) is 0 Å². The van der Waals surface area contributed by atoms with Gasteiger partial charge in [0.2, 0.25) is 0 Å². The number of nitrogens with zero attached hydrogens (tertiary/aromatic N) is 3. The largest absolute Gasteiger partial charge is 0.391 e. The van der Waals surface area contributed by atoms with E-state index in [1.54, 1.807) is 19.9 Å². The summed E-state index contributed by atoms with van der Waals surface area (Å²) in [6.45, 7) is 3.57. The predicted octanol–water partition coefficient (Wildman–Crippen LogP) is 2.32. The number of likely N-dealkylation sites (tertiary alicyclic amines) is 1. The second-order valence-electron chi connectivity index (χ2n) is 5.98. The first-order chi connectivity index (χ1) is 11.3. The molecular formula is C17H17F2N3O2. The van der Waals surface area contributed by atoms with Crippen molar-refractivity contribution in [3.63, 3.8) is 0 Å². The van der Waals surface area contributed by atoms with Crippen LogP contribution in [0, 0.1) is 25.5 Å². The van der Waals surface area contributed by atoms with Gasteiger partial charge in [-0.2, -0.15) is 0 Å². The molecule has 0 saturated carbocycles. The van der Waals surface area contributed by atoms with Crippen LogP contribution in [-0.2, 0) is 0 Å². The molecule has 126 valence electrons. The number of benzene rings is 1. The Kier molecular flexibility index (Phi) is 4.28. The maximum absolute atomic E-state index is 13.5. The number of aryl methyl sites for hydroxylation is 2. The van der Waals surface area contributed by atoms with Crippen LogP contribution in [0.15, 0.2) is 24.3 Å².